The summed E-state index contributed by atoms with van der Waals surface area (Å²) in [6.07, 6.45) is -4.71. The number of hydrogen-bond donors (Lipinski definition) is 1. The van der Waals surface area contributed by atoms with Crippen molar-refractivity contribution in [2.75, 3.05) is 7.05 Å². The molecule has 0 bridgehead atoms. The molecule has 4 nitrogen and oxygen atoms in total. The molecule has 1 aromatic heterocycles. The van der Waals surface area contributed by atoms with Gasteiger partial charge in [-0.05, 0) is 42.2 Å². The summed E-state index contributed by atoms with van der Waals surface area (Å²) < 4.78 is 67.7. The quantitative estimate of drug-likeness (QED) is 0.714. The maximum atomic E-state index is 14.2. The number of aliphatic imine (C=N–C) groups is 1. The first-order valence-electron chi connectivity index (χ1n) is 8.07. The molecular formula is C18H12F5N3O. The number of amides is 1. The van der Waals surface area contributed by atoms with Crippen molar-refractivity contribution in [3.63, 3.8) is 0 Å². The normalized spacial score (nSPS) is 21.1. The Bertz CT molecular complexity index is 1010. The molecule has 4 rings (SSSR count). The second kappa shape index (κ2) is 5.58. The predicted molar refractivity (Wildman–Crippen MR) is 85.3 cm³/mol. The van der Waals surface area contributed by atoms with Gasteiger partial charge in [-0.2, -0.15) is 18.2 Å². The fourth-order valence-corrected chi connectivity index (χ4v) is 3.84. The maximum Gasteiger partial charge on any atom is 0.433 e. The molecular weight excluding hydrogens is 369 g/mol. The van der Waals surface area contributed by atoms with Crippen molar-refractivity contribution in [3.05, 3.63) is 64.0 Å². The van der Waals surface area contributed by atoms with Gasteiger partial charge in [0.2, 0.25) is 0 Å². The van der Waals surface area contributed by atoms with E-state index < -0.39 is 34.8 Å². The number of hydrogen-bond acceptors (Lipinski definition) is 3. The van der Waals surface area contributed by atoms with E-state index in [1.54, 1.807) is 0 Å². The van der Waals surface area contributed by atoms with Gasteiger partial charge < -0.3 is 5.32 Å². The van der Waals surface area contributed by atoms with Crippen LogP contribution in [-0.4, -0.2) is 23.8 Å². The van der Waals surface area contributed by atoms with Crippen LogP contribution in [0, 0.1) is 11.6 Å². The molecule has 9 heteroatoms. The van der Waals surface area contributed by atoms with E-state index in [9.17, 15) is 26.7 Å². The Morgan fingerprint density at radius 1 is 1.19 bits per heavy atom. The number of nitrogens with one attached hydrogen (secondary N) is 1. The highest BCUT2D eigenvalue weighted by atomic mass is 19.4. The molecule has 140 valence electrons. The van der Waals surface area contributed by atoms with Crippen LogP contribution in [0.2, 0.25) is 0 Å². The summed E-state index contributed by atoms with van der Waals surface area (Å²) in [6, 6.07) is 3.63. The number of carbonyl (C=O) groups excluding carboxylic acids is 1. The first kappa shape index (κ1) is 17.6. The molecule has 2 aromatic rings. The number of pyridine rings is 1. The summed E-state index contributed by atoms with van der Waals surface area (Å²) in [6.45, 7) is 0. The minimum atomic E-state index is -4.73. The van der Waals surface area contributed by atoms with Crippen LogP contribution >= 0.6 is 0 Å². The summed E-state index contributed by atoms with van der Waals surface area (Å²) in [5.74, 6) is -2.49. The third-order valence-corrected chi connectivity index (χ3v) is 5.03. The summed E-state index contributed by atoms with van der Waals surface area (Å²) >= 11 is 0. The molecule has 0 radical (unpaired) electrons. The molecule has 1 aliphatic heterocycles. The molecule has 1 unspecified atom stereocenters. The molecule has 0 fully saturated rings. The second-order valence-corrected chi connectivity index (χ2v) is 6.43. The molecule has 2 heterocycles. The summed E-state index contributed by atoms with van der Waals surface area (Å²) in [5.41, 5.74) is -2.84. The Morgan fingerprint density at radius 2 is 1.93 bits per heavy atom. The maximum absolute atomic E-state index is 14.2. The van der Waals surface area contributed by atoms with Crippen molar-refractivity contribution in [3.8, 4) is 0 Å². The first-order chi connectivity index (χ1) is 12.7. The average Bonchev–Trinajstić information content (AvgIpc) is 2.98. The van der Waals surface area contributed by atoms with Gasteiger partial charge in [-0.1, -0.05) is 0 Å². The van der Waals surface area contributed by atoms with E-state index >= 15 is 0 Å². The van der Waals surface area contributed by atoms with Gasteiger partial charge in [0.15, 0.2) is 0 Å². The molecule has 0 saturated heterocycles. The number of fused-ring (bicyclic) bond motifs is 4. The van der Waals surface area contributed by atoms with Crippen LogP contribution < -0.4 is 5.32 Å². The lowest BCUT2D eigenvalue weighted by atomic mass is 9.74. The third-order valence-electron chi connectivity index (χ3n) is 5.03. The summed E-state index contributed by atoms with van der Waals surface area (Å²) in [5, 5.41) is 2.66. The van der Waals surface area contributed by atoms with Gasteiger partial charge >= 0.3 is 6.18 Å². The number of halogens is 5. The van der Waals surface area contributed by atoms with Crippen LogP contribution in [0.1, 0.15) is 34.5 Å². The topological polar surface area (TPSA) is 54.4 Å². The van der Waals surface area contributed by atoms with Crippen molar-refractivity contribution in [2.45, 2.75) is 24.4 Å². The lowest BCUT2D eigenvalue weighted by molar-refractivity contribution is -0.141. The van der Waals surface area contributed by atoms with Crippen LogP contribution in [0.15, 0.2) is 29.3 Å². The number of benzene rings is 1. The molecule has 1 spiro atoms. The highest BCUT2D eigenvalue weighted by molar-refractivity contribution is 6.13. The smallest absolute Gasteiger partial charge is 0.372 e. The van der Waals surface area contributed by atoms with E-state index in [1.165, 1.54) is 13.1 Å². The minimum absolute atomic E-state index is 0.0167. The Kier molecular flexibility index (Phi) is 3.63. The third kappa shape index (κ3) is 2.37. The van der Waals surface area contributed by atoms with Gasteiger partial charge in [0.25, 0.3) is 5.91 Å². The molecule has 0 saturated carbocycles. The Hall–Kier alpha value is -2.84. The van der Waals surface area contributed by atoms with Crippen LogP contribution in [0.4, 0.5) is 22.0 Å². The van der Waals surface area contributed by atoms with Gasteiger partial charge in [0.1, 0.15) is 28.6 Å². The van der Waals surface area contributed by atoms with E-state index in [0.717, 1.165) is 12.1 Å². The van der Waals surface area contributed by atoms with Gasteiger partial charge in [-0.15, -0.1) is 0 Å². The van der Waals surface area contributed by atoms with E-state index in [-0.39, 0.29) is 41.1 Å². The van der Waals surface area contributed by atoms with Gasteiger partial charge in [0.05, 0.1) is 5.69 Å². The van der Waals surface area contributed by atoms with Crippen molar-refractivity contribution >= 4 is 11.7 Å². The molecule has 1 aliphatic carbocycles. The van der Waals surface area contributed by atoms with Crippen molar-refractivity contribution in [1.82, 2.24) is 10.3 Å². The van der Waals surface area contributed by atoms with Crippen molar-refractivity contribution in [1.29, 1.82) is 0 Å². The van der Waals surface area contributed by atoms with Crippen LogP contribution in [0.5, 0.6) is 0 Å². The number of alkyl halides is 3. The standard InChI is InChI=1S/C18H12F5N3O/c1-24-15-10-2-3-13(18(21,22)23)25-14(10)17(16(27)26-15)5-4-9-11(17)6-8(19)7-12(9)20/h2-3,6-7H,4-5H2,1H3,(H,24,26,27). The van der Waals surface area contributed by atoms with E-state index in [2.05, 4.69) is 15.3 Å². The zero-order valence-corrected chi connectivity index (χ0v) is 13.9. The zero-order chi connectivity index (χ0) is 19.6. The van der Waals surface area contributed by atoms with Crippen LogP contribution in [-0.2, 0) is 22.8 Å². The highest BCUT2D eigenvalue weighted by Gasteiger charge is 2.53. The Morgan fingerprint density at radius 3 is 2.59 bits per heavy atom. The fourth-order valence-electron chi connectivity index (χ4n) is 3.84. The zero-order valence-electron chi connectivity index (χ0n) is 13.9. The van der Waals surface area contributed by atoms with Gasteiger partial charge in [-0.3, -0.25) is 4.79 Å². The number of amidine groups is 1. The highest BCUT2D eigenvalue weighted by Crippen LogP contribution is 2.48. The Labute approximate surface area is 150 Å². The van der Waals surface area contributed by atoms with Crippen LogP contribution in [0.25, 0.3) is 0 Å². The van der Waals surface area contributed by atoms with Gasteiger partial charge in [-0.25, -0.2) is 13.8 Å². The molecule has 1 aromatic carbocycles. The number of aromatic nitrogens is 1. The summed E-state index contributed by atoms with van der Waals surface area (Å²) in [4.78, 5) is 20.5. The fraction of sp³-hybridized carbons (Fsp3) is 0.278. The van der Waals surface area contributed by atoms with E-state index in [1.807, 2.05) is 0 Å². The van der Waals surface area contributed by atoms with E-state index in [4.69, 9.17) is 0 Å². The van der Waals surface area contributed by atoms with Gasteiger partial charge in [0, 0.05) is 18.7 Å². The summed E-state index contributed by atoms with van der Waals surface area (Å²) in [7, 11) is 1.47. The number of rotatable bonds is 0. The first-order valence-corrected chi connectivity index (χ1v) is 8.07. The largest absolute Gasteiger partial charge is 0.433 e. The van der Waals surface area contributed by atoms with Crippen molar-refractivity contribution < 1.29 is 26.7 Å². The predicted octanol–water partition coefficient (Wildman–Crippen LogP) is 3.12. The monoisotopic (exact) mass is 381 g/mol. The minimum Gasteiger partial charge on any atom is -0.372 e. The van der Waals surface area contributed by atoms with Crippen LogP contribution in [0.3, 0.4) is 0 Å². The average molecular weight is 381 g/mol. The SMILES string of the molecule is CNC1=NC(=O)C2(CCc3c(F)cc(F)cc32)c2nc(C(F)(F)F)ccc21. The lowest BCUT2D eigenvalue weighted by Gasteiger charge is -2.32. The molecule has 2 aliphatic rings. The van der Waals surface area contributed by atoms with Crippen molar-refractivity contribution in [2.24, 2.45) is 4.99 Å². The second-order valence-electron chi connectivity index (χ2n) is 6.43. The number of carbonyl (C=O) groups is 1. The molecule has 1 amide bonds. The molecule has 27 heavy (non-hydrogen) atoms. The lowest BCUT2D eigenvalue weighted by Crippen LogP contribution is -2.43. The molecule has 1 atom stereocenters. The Balaban J connectivity index is 2.06. The molecule has 1 N–H and O–H groups in total. The number of nitrogens with zero attached hydrogens (tertiary/aromatic N) is 2. The van der Waals surface area contributed by atoms with E-state index in [0.29, 0.717) is 6.07 Å².